The molecular weight excluding hydrogens is 196 g/mol. The van der Waals surface area contributed by atoms with Crippen molar-refractivity contribution in [1.29, 1.82) is 0 Å². The monoisotopic (exact) mass is 206 g/mol. The molecule has 0 fully saturated rings. The van der Waals surface area contributed by atoms with Crippen LogP contribution in [0.1, 0.15) is 16.5 Å². The fraction of sp³-hybridized carbons (Fsp3) is 0.200. The average molecular weight is 206 g/mol. The van der Waals surface area contributed by atoms with Crippen LogP contribution in [0.15, 0.2) is 36.2 Å². The van der Waals surface area contributed by atoms with Gasteiger partial charge in [0, 0.05) is 31.3 Å². The lowest BCUT2D eigenvalue weighted by molar-refractivity contribution is 0.139. The normalized spacial score (nSPS) is 12.6. The zero-order valence-electron chi connectivity index (χ0n) is 7.75. The fourth-order valence-corrected chi connectivity index (χ4v) is 2.02. The summed E-state index contributed by atoms with van der Waals surface area (Å²) in [5.41, 5.74) is 2.86. The van der Waals surface area contributed by atoms with Crippen LogP contribution >= 0.6 is 11.3 Å². The maximum atomic E-state index is 5.41. The van der Waals surface area contributed by atoms with Gasteiger partial charge in [-0.25, -0.2) is 0 Å². The first-order valence-corrected chi connectivity index (χ1v) is 5.11. The molecule has 0 aliphatic rings. The van der Waals surface area contributed by atoms with E-state index in [0.717, 1.165) is 10.4 Å². The SMILES string of the molecule is COC(c1cccnc1)c1cncs1. The lowest BCUT2D eigenvalue weighted by atomic mass is 10.1. The Balaban J connectivity index is 2.31. The van der Waals surface area contributed by atoms with Crippen LogP contribution in [0.5, 0.6) is 0 Å². The van der Waals surface area contributed by atoms with Crippen LogP contribution in [0.2, 0.25) is 0 Å². The molecule has 0 saturated carbocycles. The molecule has 0 amide bonds. The molecule has 0 saturated heterocycles. The summed E-state index contributed by atoms with van der Waals surface area (Å²) in [5, 5.41) is 0. The molecule has 4 heteroatoms. The summed E-state index contributed by atoms with van der Waals surface area (Å²) in [7, 11) is 1.69. The lowest BCUT2D eigenvalue weighted by Gasteiger charge is -2.12. The molecule has 0 radical (unpaired) electrons. The highest BCUT2D eigenvalue weighted by Gasteiger charge is 2.14. The first-order chi connectivity index (χ1) is 6.92. The van der Waals surface area contributed by atoms with Gasteiger partial charge in [-0.2, -0.15) is 0 Å². The third-order valence-corrected chi connectivity index (χ3v) is 2.75. The molecule has 1 atom stereocenters. The van der Waals surface area contributed by atoms with Gasteiger partial charge in [-0.05, 0) is 6.07 Å². The lowest BCUT2D eigenvalue weighted by Crippen LogP contribution is -2.01. The van der Waals surface area contributed by atoms with Crippen LogP contribution in [0.3, 0.4) is 0 Å². The van der Waals surface area contributed by atoms with Crippen LogP contribution in [-0.2, 0) is 4.74 Å². The topological polar surface area (TPSA) is 35.0 Å². The highest BCUT2D eigenvalue weighted by molar-refractivity contribution is 7.09. The average Bonchev–Trinajstić information content (AvgIpc) is 2.74. The largest absolute Gasteiger partial charge is 0.371 e. The predicted molar refractivity (Wildman–Crippen MR) is 55.2 cm³/mol. The van der Waals surface area contributed by atoms with E-state index < -0.39 is 0 Å². The van der Waals surface area contributed by atoms with E-state index in [1.165, 1.54) is 0 Å². The Morgan fingerprint density at radius 3 is 2.86 bits per heavy atom. The zero-order valence-corrected chi connectivity index (χ0v) is 8.57. The first kappa shape index (κ1) is 9.30. The molecule has 1 unspecified atom stereocenters. The summed E-state index contributed by atoms with van der Waals surface area (Å²) in [6, 6.07) is 3.91. The molecule has 2 aromatic rings. The van der Waals surface area contributed by atoms with Crippen molar-refractivity contribution in [3.63, 3.8) is 0 Å². The summed E-state index contributed by atoms with van der Waals surface area (Å²) in [6.45, 7) is 0. The van der Waals surface area contributed by atoms with Gasteiger partial charge < -0.3 is 4.74 Å². The standard InChI is InChI=1S/C10H10N2OS/c1-13-10(9-6-12-7-14-9)8-3-2-4-11-5-8/h2-7,10H,1H3. The first-order valence-electron chi connectivity index (χ1n) is 4.23. The summed E-state index contributed by atoms with van der Waals surface area (Å²) in [4.78, 5) is 9.20. The van der Waals surface area contributed by atoms with E-state index in [1.54, 1.807) is 30.2 Å². The second-order valence-corrected chi connectivity index (χ2v) is 3.72. The smallest absolute Gasteiger partial charge is 0.119 e. The maximum Gasteiger partial charge on any atom is 0.119 e. The minimum atomic E-state index is -0.0452. The van der Waals surface area contributed by atoms with Crippen molar-refractivity contribution in [2.24, 2.45) is 0 Å². The third kappa shape index (κ3) is 1.81. The second-order valence-electron chi connectivity index (χ2n) is 2.81. The quantitative estimate of drug-likeness (QED) is 0.772. The molecule has 0 bridgehead atoms. The highest BCUT2D eigenvalue weighted by atomic mass is 32.1. The maximum absolute atomic E-state index is 5.41. The van der Waals surface area contributed by atoms with Crippen molar-refractivity contribution in [1.82, 2.24) is 9.97 Å². The molecule has 0 aliphatic carbocycles. The van der Waals surface area contributed by atoms with E-state index in [-0.39, 0.29) is 6.10 Å². The molecule has 0 aromatic carbocycles. The summed E-state index contributed by atoms with van der Waals surface area (Å²) >= 11 is 1.59. The van der Waals surface area contributed by atoms with Gasteiger partial charge >= 0.3 is 0 Å². The summed E-state index contributed by atoms with van der Waals surface area (Å²) < 4.78 is 5.41. The van der Waals surface area contributed by atoms with Crippen LogP contribution in [0.25, 0.3) is 0 Å². The number of ether oxygens (including phenoxy) is 1. The van der Waals surface area contributed by atoms with E-state index in [4.69, 9.17) is 4.74 Å². The number of hydrogen-bond donors (Lipinski definition) is 0. The summed E-state index contributed by atoms with van der Waals surface area (Å²) in [5.74, 6) is 0. The number of pyridine rings is 1. The molecule has 14 heavy (non-hydrogen) atoms. The van der Waals surface area contributed by atoms with E-state index in [2.05, 4.69) is 9.97 Å². The van der Waals surface area contributed by atoms with Crippen molar-refractivity contribution in [2.75, 3.05) is 7.11 Å². The molecule has 0 N–H and O–H groups in total. The zero-order chi connectivity index (χ0) is 9.80. The Morgan fingerprint density at radius 1 is 1.36 bits per heavy atom. The van der Waals surface area contributed by atoms with Crippen molar-refractivity contribution < 1.29 is 4.74 Å². The van der Waals surface area contributed by atoms with Crippen molar-refractivity contribution in [3.05, 3.63) is 46.7 Å². The van der Waals surface area contributed by atoms with E-state index in [1.807, 2.05) is 24.5 Å². The fourth-order valence-electron chi connectivity index (χ4n) is 1.30. The Labute approximate surface area is 86.4 Å². The van der Waals surface area contributed by atoms with Gasteiger partial charge in [0.25, 0.3) is 0 Å². The van der Waals surface area contributed by atoms with Crippen LogP contribution in [-0.4, -0.2) is 17.1 Å². The Bertz CT molecular complexity index is 374. The van der Waals surface area contributed by atoms with Gasteiger partial charge in [0.15, 0.2) is 0 Å². The number of aromatic nitrogens is 2. The second kappa shape index (κ2) is 4.30. The van der Waals surface area contributed by atoms with Gasteiger partial charge in [-0.15, -0.1) is 11.3 Å². The molecule has 72 valence electrons. The Hall–Kier alpha value is -1.26. The van der Waals surface area contributed by atoms with Crippen LogP contribution < -0.4 is 0 Å². The molecule has 0 aliphatic heterocycles. The van der Waals surface area contributed by atoms with E-state index in [9.17, 15) is 0 Å². The molecular formula is C10H10N2OS. The number of nitrogens with zero attached hydrogens (tertiary/aromatic N) is 2. The minimum absolute atomic E-state index is 0.0452. The number of methoxy groups -OCH3 is 1. The van der Waals surface area contributed by atoms with Gasteiger partial charge in [0.05, 0.1) is 10.4 Å². The highest BCUT2D eigenvalue weighted by Crippen LogP contribution is 2.26. The number of rotatable bonds is 3. The molecule has 2 rings (SSSR count). The molecule has 2 aromatic heterocycles. The van der Waals surface area contributed by atoms with E-state index in [0.29, 0.717) is 0 Å². The van der Waals surface area contributed by atoms with Crippen molar-refractivity contribution >= 4 is 11.3 Å². The van der Waals surface area contributed by atoms with E-state index >= 15 is 0 Å². The van der Waals surface area contributed by atoms with Gasteiger partial charge in [0.1, 0.15) is 6.10 Å². The van der Waals surface area contributed by atoms with Crippen LogP contribution in [0.4, 0.5) is 0 Å². The Kier molecular flexibility index (Phi) is 2.86. The van der Waals surface area contributed by atoms with Gasteiger partial charge in [0.2, 0.25) is 0 Å². The molecule has 0 spiro atoms. The predicted octanol–water partition coefficient (Wildman–Crippen LogP) is 2.27. The van der Waals surface area contributed by atoms with Gasteiger partial charge in [-0.1, -0.05) is 6.07 Å². The minimum Gasteiger partial charge on any atom is -0.371 e. The van der Waals surface area contributed by atoms with Crippen molar-refractivity contribution in [3.8, 4) is 0 Å². The number of hydrogen-bond acceptors (Lipinski definition) is 4. The Morgan fingerprint density at radius 2 is 2.29 bits per heavy atom. The van der Waals surface area contributed by atoms with Crippen molar-refractivity contribution in [2.45, 2.75) is 6.10 Å². The number of thiazole rings is 1. The van der Waals surface area contributed by atoms with Gasteiger partial charge in [-0.3, -0.25) is 9.97 Å². The summed E-state index contributed by atoms with van der Waals surface area (Å²) in [6.07, 6.45) is 5.35. The third-order valence-electron chi connectivity index (χ3n) is 1.93. The van der Waals surface area contributed by atoms with Crippen LogP contribution in [0, 0.1) is 0 Å². The molecule has 3 nitrogen and oxygen atoms in total. The molecule has 2 heterocycles.